The molecular weight excluding hydrogens is 183 g/mol. The summed E-state index contributed by atoms with van der Waals surface area (Å²) >= 11 is 0. The Labute approximate surface area is 83.3 Å². The van der Waals surface area contributed by atoms with Gasteiger partial charge >= 0.3 is 0 Å². The SMILES string of the molecule is CC(C)(O)CCOc1ccc(F)cc1. The quantitative estimate of drug-likeness (QED) is 0.804. The van der Waals surface area contributed by atoms with Gasteiger partial charge in [0.05, 0.1) is 12.2 Å². The first kappa shape index (κ1) is 11.0. The number of halogens is 1. The Morgan fingerprint density at radius 1 is 1.29 bits per heavy atom. The Morgan fingerprint density at radius 2 is 1.86 bits per heavy atom. The van der Waals surface area contributed by atoms with E-state index in [1.807, 2.05) is 0 Å². The summed E-state index contributed by atoms with van der Waals surface area (Å²) in [7, 11) is 0. The number of rotatable bonds is 4. The van der Waals surface area contributed by atoms with Gasteiger partial charge in [0, 0.05) is 6.42 Å². The predicted molar refractivity (Wildman–Crippen MR) is 52.8 cm³/mol. The molecule has 2 nitrogen and oxygen atoms in total. The maximum Gasteiger partial charge on any atom is 0.123 e. The average Bonchev–Trinajstić information content (AvgIpc) is 2.06. The van der Waals surface area contributed by atoms with Crippen LogP contribution in [0.4, 0.5) is 4.39 Å². The van der Waals surface area contributed by atoms with Crippen LogP contribution in [0.3, 0.4) is 0 Å². The molecule has 0 aromatic heterocycles. The van der Waals surface area contributed by atoms with Crippen LogP contribution in [0.25, 0.3) is 0 Å². The molecule has 0 heterocycles. The van der Waals surface area contributed by atoms with Gasteiger partial charge in [-0.1, -0.05) is 0 Å². The van der Waals surface area contributed by atoms with Gasteiger partial charge in [-0.25, -0.2) is 4.39 Å². The number of aliphatic hydroxyl groups is 1. The third-order valence-electron chi connectivity index (χ3n) is 1.80. The van der Waals surface area contributed by atoms with Gasteiger partial charge in [0.15, 0.2) is 0 Å². The summed E-state index contributed by atoms with van der Waals surface area (Å²) in [4.78, 5) is 0. The standard InChI is InChI=1S/C11H15FO2/c1-11(2,13)7-8-14-10-5-3-9(12)4-6-10/h3-6,13H,7-8H2,1-2H3. The molecule has 1 N–H and O–H groups in total. The van der Waals surface area contributed by atoms with Gasteiger partial charge in [-0.05, 0) is 38.1 Å². The van der Waals surface area contributed by atoms with Gasteiger partial charge in [0.1, 0.15) is 11.6 Å². The van der Waals surface area contributed by atoms with Crippen LogP contribution in [0.2, 0.25) is 0 Å². The number of benzene rings is 1. The van der Waals surface area contributed by atoms with Crippen molar-refractivity contribution in [1.29, 1.82) is 0 Å². The largest absolute Gasteiger partial charge is 0.493 e. The van der Waals surface area contributed by atoms with Crippen molar-refractivity contribution in [3.63, 3.8) is 0 Å². The lowest BCUT2D eigenvalue weighted by Gasteiger charge is -2.16. The van der Waals surface area contributed by atoms with E-state index in [0.29, 0.717) is 18.8 Å². The normalized spacial score (nSPS) is 11.4. The molecule has 78 valence electrons. The summed E-state index contributed by atoms with van der Waals surface area (Å²) in [6, 6.07) is 5.83. The van der Waals surface area contributed by atoms with E-state index in [1.54, 1.807) is 26.0 Å². The van der Waals surface area contributed by atoms with Crippen LogP contribution < -0.4 is 4.74 Å². The monoisotopic (exact) mass is 198 g/mol. The van der Waals surface area contributed by atoms with Crippen molar-refractivity contribution >= 4 is 0 Å². The fourth-order valence-corrected chi connectivity index (χ4v) is 0.949. The fourth-order valence-electron chi connectivity index (χ4n) is 0.949. The van der Waals surface area contributed by atoms with Gasteiger partial charge < -0.3 is 9.84 Å². The second kappa shape index (κ2) is 4.42. The van der Waals surface area contributed by atoms with Crippen molar-refractivity contribution < 1.29 is 14.2 Å². The van der Waals surface area contributed by atoms with Crippen LogP contribution in [0.1, 0.15) is 20.3 Å². The van der Waals surface area contributed by atoms with Gasteiger partial charge in [-0.15, -0.1) is 0 Å². The molecule has 0 aliphatic rings. The van der Waals surface area contributed by atoms with Crippen LogP contribution in [0.15, 0.2) is 24.3 Å². The fraction of sp³-hybridized carbons (Fsp3) is 0.455. The first-order valence-electron chi connectivity index (χ1n) is 4.58. The second-order valence-electron chi connectivity index (χ2n) is 3.86. The predicted octanol–water partition coefficient (Wildman–Crippen LogP) is 2.37. The minimum atomic E-state index is -0.722. The van der Waals surface area contributed by atoms with Crippen molar-refractivity contribution in [2.75, 3.05) is 6.61 Å². The Balaban J connectivity index is 2.35. The molecule has 14 heavy (non-hydrogen) atoms. The van der Waals surface area contributed by atoms with Gasteiger partial charge in [-0.3, -0.25) is 0 Å². The summed E-state index contributed by atoms with van der Waals surface area (Å²) in [6.07, 6.45) is 0.546. The highest BCUT2D eigenvalue weighted by Crippen LogP contribution is 2.13. The molecule has 0 aliphatic carbocycles. The molecule has 0 atom stereocenters. The second-order valence-corrected chi connectivity index (χ2v) is 3.86. The number of ether oxygens (including phenoxy) is 1. The zero-order valence-corrected chi connectivity index (χ0v) is 8.46. The van der Waals surface area contributed by atoms with Crippen LogP contribution in [0.5, 0.6) is 5.75 Å². The van der Waals surface area contributed by atoms with Crippen molar-refractivity contribution in [1.82, 2.24) is 0 Å². The molecule has 0 spiro atoms. The third kappa shape index (κ3) is 4.23. The van der Waals surface area contributed by atoms with E-state index in [4.69, 9.17) is 4.74 Å². The van der Waals surface area contributed by atoms with E-state index in [9.17, 15) is 9.50 Å². The molecule has 0 saturated carbocycles. The van der Waals surface area contributed by atoms with E-state index in [0.717, 1.165) is 0 Å². The molecule has 1 rings (SSSR count). The summed E-state index contributed by atoms with van der Waals surface area (Å²) in [5.74, 6) is 0.343. The third-order valence-corrected chi connectivity index (χ3v) is 1.80. The molecule has 0 aliphatic heterocycles. The van der Waals surface area contributed by atoms with E-state index in [-0.39, 0.29) is 5.82 Å². The molecule has 0 unspecified atom stereocenters. The average molecular weight is 198 g/mol. The Morgan fingerprint density at radius 3 is 2.36 bits per heavy atom. The summed E-state index contributed by atoms with van der Waals surface area (Å²) < 4.78 is 17.8. The first-order valence-corrected chi connectivity index (χ1v) is 4.58. The maximum absolute atomic E-state index is 12.5. The molecule has 0 saturated heterocycles. The minimum Gasteiger partial charge on any atom is -0.493 e. The smallest absolute Gasteiger partial charge is 0.123 e. The van der Waals surface area contributed by atoms with Crippen molar-refractivity contribution in [2.45, 2.75) is 25.9 Å². The zero-order chi connectivity index (χ0) is 10.6. The number of hydrogen-bond acceptors (Lipinski definition) is 2. The lowest BCUT2D eigenvalue weighted by Crippen LogP contribution is -2.21. The Bertz CT molecular complexity index is 274. The number of hydrogen-bond donors (Lipinski definition) is 1. The topological polar surface area (TPSA) is 29.5 Å². The highest BCUT2D eigenvalue weighted by Gasteiger charge is 2.11. The van der Waals surface area contributed by atoms with Crippen LogP contribution in [-0.4, -0.2) is 17.3 Å². The maximum atomic E-state index is 12.5. The molecule has 1 aromatic carbocycles. The van der Waals surface area contributed by atoms with E-state index >= 15 is 0 Å². The lowest BCUT2D eigenvalue weighted by atomic mass is 10.1. The van der Waals surface area contributed by atoms with E-state index in [1.165, 1.54) is 12.1 Å². The highest BCUT2D eigenvalue weighted by molar-refractivity contribution is 5.21. The minimum absolute atomic E-state index is 0.278. The summed E-state index contributed by atoms with van der Waals surface area (Å²) in [5.41, 5.74) is -0.722. The lowest BCUT2D eigenvalue weighted by molar-refractivity contribution is 0.0553. The van der Waals surface area contributed by atoms with Gasteiger partial charge in [0.2, 0.25) is 0 Å². The van der Waals surface area contributed by atoms with Crippen molar-refractivity contribution in [3.8, 4) is 5.75 Å². The molecule has 0 fully saturated rings. The van der Waals surface area contributed by atoms with Gasteiger partial charge in [-0.2, -0.15) is 0 Å². The van der Waals surface area contributed by atoms with E-state index in [2.05, 4.69) is 0 Å². The Hall–Kier alpha value is -1.09. The van der Waals surface area contributed by atoms with Crippen molar-refractivity contribution in [2.24, 2.45) is 0 Å². The van der Waals surface area contributed by atoms with E-state index < -0.39 is 5.60 Å². The van der Waals surface area contributed by atoms with Crippen LogP contribution in [-0.2, 0) is 0 Å². The van der Waals surface area contributed by atoms with Crippen LogP contribution >= 0.6 is 0 Å². The summed E-state index contributed by atoms with van der Waals surface area (Å²) in [5, 5.41) is 9.40. The molecule has 0 radical (unpaired) electrons. The molecule has 1 aromatic rings. The van der Waals surface area contributed by atoms with Crippen LogP contribution in [0, 0.1) is 5.82 Å². The summed E-state index contributed by atoms with van der Waals surface area (Å²) in [6.45, 7) is 3.87. The van der Waals surface area contributed by atoms with Gasteiger partial charge in [0.25, 0.3) is 0 Å². The molecule has 0 amide bonds. The Kier molecular flexibility index (Phi) is 3.47. The highest BCUT2D eigenvalue weighted by atomic mass is 19.1. The van der Waals surface area contributed by atoms with Crippen molar-refractivity contribution in [3.05, 3.63) is 30.1 Å². The molecular formula is C11H15FO2. The first-order chi connectivity index (χ1) is 6.47. The molecule has 3 heteroatoms. The molecule has 0 bridgehead atoms. The zero-order valence-electron chi connectivity index (χ0n) is 8.46.